The molecular formula is C18H20N4O2S. The van der Waals surface area contributed by atoms with Gasteiger partial charge in [-0.25, -0.2) is 4.98 Å². The minimum Gasteiger partial charge on any atom is -0.390 e. The number of aliphatic hydroxyl groups excluding tert-OH is 1. The number of aromatic nitrogens is 2. The number of thiazole rings is 1. The van der Waals surface area contributed by atoms with Crippen LogP contribution in [0.4, 0.5) is 0 Å². The number of fused-ring (bicyclic) bond motifs is 1. The van der Waals surface area contributed by atoms with Gasteiger partial charge in [0.1, 0.15) is 0 Å². The molecule has 0 bridgehead atoms. The largest absolute Gasteiger partial charge is 0.390 e. The van der Waals surface area contributed by atoms with E-state index in [9.17, 15) is 9.90 Å². The van der Waals surface area contributed by atoms with Gasteiger partial charge in [0.05, 0.1) is 23.4 Å². The zero-order valence-corrected chi connectivity index (χ0v) is 14.5. The highest BCUT2D eigenvalue weighted by molar-refractivity contribution is 7.07. The van der Waals surface area contributed by atoms with Gasteiger partial charge >= 0.3 is 0 Å². The number of rotatable bonds is 4. The van der Waals surface area contributed by atoms with Gasteiger partial charge in [0.15, 0.2) is 0 Å². The number of amides is 1. The maximum atomic E-state index is 12.5. The monoisotopic (exact) mass is 356 g/mol. The lowest BCUT2D eigenvalue weighted by molar-refractivity contribution is 0.0346. The van der Waals surface area contributed by atoms with Gasteiger partial charge in [-0.15, -0.1) is 11.3 Å². The first-order chi connectivity index (χ1) is 12.2. The molecule has 0 unspecified atom stereocenters. The Bertz CT molecular complexity index is 861. The van der Waals surface area contributed by atoms with Gasteiger partial charge in [0.25, 0.3) is 5.91 Å². The average Bonchev–Trinajstić information content (AvgIpc) is 3.27. The summed E-state index contributed by atoms with van der Waals surface area (Å²) < 4.78 is 0. The fourth-order valence-electron chi connectivity index (χ4n) is 3.30. The SMILES string of the molecule is O=C(N[C@@H]1CCN(Cc2cscn2)C[C@H]1O)c1ccc2[nH]ccc2c1. The van der Waals surface area contributed by atoms with Crippen molar-refractivity contribution in [2.24, 2.45) is 0 Å². The van der Waals surface area contributed by atoms with Crippen molar-refractivity contribution in [3.05, 3.63) is 52.6 Å². The molecule has 1 fully saturated rings. The fraction of sp³-hybridized carbons (Fsp3) is 0.333. The van der Waals surface area contributed by atoms with Gasteiger partial charge in [-0.1, -0.05) is 0 Å². The second-order valence-corrected chi connectivity index (χ2v) is 7.15. The highest BCUT2D eigenvalue weighted by atomic mass is 32.1. The van der Waals surface area contributed by atoms with Crippen molar-refractivity contribution < 1.29 is 9.90 Å². The summed E-state index contributed by atoms with van der Waals surface area (Å²) in [5, 5.41) is 16.4. The summed E-state index contributed by atoms with van der Waals surface area (Å²) in [7, 11) is 0. The Kier molecular flexibility index (Phi) is 4.52. The van der Waals surface area contributed by atoms with Crippen LogP contribution in [0.25, 0.3) is 10.9 Å². The summed E-state index contributed by atoms with van der Waals surface area (Å²) >= 11 is 1.58. The summed E-state index contributed by atoms with van der Waals surface area (Å²) in [6, 6.07) is 7.29. The predicted octanol–water partition coefficient (Wildman–Crippen LogP) is 1.99. The quantitative estimate of drug-likeness (QED) is 0.668. The summed E-state index contributed by atoms with van der Waals surface area (Å²) in [4.78, 5) is 22.1. The van der Waals surface area contributed by atoms with Gasteiger partial charge < -0.3 is 15.4 Å². The fourth-order valence-corrected chi connectivity index (χ4v) is 3.85. The van der Waals surface area contributed by atoms with Gasteiger partial charge in [0.2, 0.25) is 0 Å². The topological polar surface area (TPSA) is 81.2 Å². The van der Waals surface area contributed by atoms with E-state index < -0.39 is 6.10 Å². The number of nitrogens with zero attached hydrogens (tertiary/aromatic N) is 2. The number of hydrogen-bond acceptors (Lipinski definition) is 5. The Morgan fingerprint density at radius 2 is 2.36 bits per heavy atom. The molecule has 1 aliphatic rings. The zero-order valence-electron chi connectivity index (χ0n) is 13.7. The van der Waals surface area contributed by atoms with E-state index in [2.05, 4.69) is 20.2 Å². The van der Waals surface area contributed by atoms with E-state index >= 15 is 0 Å². The first-order valence-corrected chi connectivity index (χ1v) is 9.29. The van der Waals surface area contributed by atoms with Crippen LogP contribution in [0, 0.1) is 0 Å². The van der Waals surface area contributed by atoms with Crippen molar-refractivity contribution in [1.82, 2.24) is 20.2 Å². The third kappa shape index (κ3) is 3.58. The number of carbonyl (C=O) groups excluding carboxylic acids is 1. The first kappa shape index (κ1) is 16.3. The van der Waals surface area contributed by atoms with E-state index in [4.69, 9.17) is 0 Å². The predicted molar refractivity (Wildman–Crippen MR) is 97.6 cm³/mol. The van der Waals surface area contributed by atoms with Crippen LogP contribution >= 0.6 is 11.3 Å². The molecule has 1 saturated heterocycles. The molecule has 3 N–H and O–H groups in total. The van der Waals surface area contributed by atoms with Crippen LogP contribution < -0.4 is 5.32 Å². The molecule has 6 nitrogen and oxygen atoms in total. The minimum atomic E-state index is -0.577. The van der Waals surface area contributed by atoms with E-state index in [1.165, 1.54) is 0 Å². The third-order valence-corrected chi connectivity index (χ3v) is 5.30. The standard InChI is InChI=1S/C18H20N4O2S/c23-17-9-22(8-14-10-25-11-20-14)6-4-16(17)21-18(24)13-1-2-15-12(7-13)3-5-19-15/h1-3,5,7,10-11,16-17,19,23H,4,6,8-9H2,(H,21,24)/t16-,17-/m1/s1. The van der Waals surface area contributed by atoms with E-state index in [1.807, 2.05) is 35.3 Å². The summed E-state index contributed by atoms with van der Waals surface area (Å²) in [6.45, 7) is 2.11. The van der Waals surface area contributed by atoms with Gasteiger partial charge in [-0.05, 0) is 30.7 Å². The van der Waals surface area contributed by atoms with Crippen molar-refractivity contribution in [2.75, 3.05) is 13.1 Å². The maximum absolute atomic E-state index is 12.5. The molecule has 1 amide bonds. The molecule has 2 atom stereocenters. The molecular weight excluding hydrogens is 336 g/mol. The van der Waals surface area contributed by atoms with Crippen LogP contribution in [0.1, 0.15) is 22.5 Å². The van der Waals surface area contributed by atoms with E-state index in [0.29, 0.717) is 12.1 Å². The smallest absolute Gasteiger partial charge is 0.251 e. The van der Waals surface area contributed by atoms with E-state index in [0.717, 1.165) is 36.1 Å². The van der Waals surface area contributed by atoms with Crippen molar-refractivity contribution in [2.45, 2.75) is 25.1 Å². The molecule has 130 valence electrons. The summed E-state index contributed by atoms with van der Waals surface area (Å²) in [5.74, 6) is -0.139. The highest BCUT2D eigenvalue weighted by Gasteiger charge is 2.29. The molecule has 7 heteroatoms. The molecule has 0 aliphatic carbocycles. The maximum Gasteiger partial charge on any atom is 0.251 e. The number of carbonyl (C=O) groups is 1. The molecule has 0 spiro atoms. The molecule has 3 aromatic rings. The van der Waals surface area contributed by atoms with Gasteiger partial charge in [0, 0.05) is 47.7 Å². The number of H-pyrrole nitrogens is 1. The summed E-state index contributed by atoms with van der Waals surface area (Å²) in [5.41, 5.74) is 4.47. The first-order valence-electron chi connectivity index (χ1n) is 8.34. The van der Waals surface area contributed by atoms with Gasteiger partial charge in [-0.2, -0.15) is 0 Å². The number of nitrogens with one attached hydrogen (secondary N) is 2. The lowest BCUT2D eigenvalue weighted by Crippen LogP contribution is -2.53. The van der Waals surface area contributed by atoms with Crippen LogP contribution in [-0.2, 0) is 6.54 Å². The second-order valence-electron chi connectivity index (χ2n) is 6.43. The number of likely N-dealkylation sites (tertiary alicyclic amines) is 1. The molecule has 1 aromatic carbocycles. The Hall–Kier alpha value is -2.22. The van der Waals surface area contributed by atoms with Crippen LogP contribution in [0.5, 0.6) is 0 Å². The molecule has 4 rings (SSSR count). The molecule has 3 heterocycles. The van der Waals surface area contributed by atoms with Crippen molar-refractivity contribution >= 4 is 28.1 Å². The molecule has 25 heavy (non-hydrogen) atoms. The number of hydrogen-bond donors (Lipinski definition) is 3. The number of aliphatic hydroxyl groups is 1. The second kappa shape index (κ2) is 6.95. The Morgan fingerprint density at radius 3 is 3.16 bits per heavy atom. The lowest BCUT2D eigenvalue weighted by Gasteiger charge is -2.35. The number of benzene rings is 1. The Labute approximate surface area is 149 Å². The van der Waals surface area contributed by atoms with Crippen molar-refractivity contribution in [1.29, 1.82) is 0 Å². The van der Waals surface area contributed by atoms with Crippen molar-refractivity contribution in [3.8, 4) is 0 Å². The van der Waals surface area contributed by atoms with Gasteiger partial charge in [-0.3, -0.25) is 9.69 Å². The third-order valence-electron chi connectivity index (χ3n) is 4.67. The Balaban J connectivity index is 1.37. The van der Waals surface area contributed by atoms with Crippen LogP contribution in [0.3, 0.4) is 0 Å². The normalized spacial score (nSPS) is 21.5. The summed E-state index contributed by atoms with van der Waals surface area (Å²) in [6.07, 6.45) is 2.00. The lowest BCUT2D eigenvalue weighted by atomic mass is 10.0. The highest BCUT2D eigenvalue weighted by Crippen LogP contribution is 2.17. The van der Waals surface area contributed by atoms with E-state index in [-0.39, 0.29) is 11.9 Å². The van der Waals surface area contributed by atoms with Crippen LogP contribution in [0.15, 0.2) is 41.4 Å². The van der Waals surface area contributed by atoms with Crippen LogP contribution in [-0.4, -0.2) is 51.1 Å². The van der Waals surface area contributed by atoms with Crippen molar-refractivity contribution in [3.63, 3.8) is 0 Å². The zero-order chi connectivity index (χ0) is 17.2. The number of aromatic amines is 1. The number of β-amino-alcohol motifs (C(OH)–C–C–N with tert-alkyl or cyclic N) is 1. The Morgan fingerprint density at radius 1 is 1.44 bits per heavy atom. The number of piperidine rings is 1. The minimum absolute atomic E-state index is 0.139. The van der Waals surface area contributed by atoms with Crippen LogP contribution in [0.2, 0.25) is 0 Å². The van der Waals surface area contributed by atoms with E-state index in [1.54, 1.807) is 17.4 Å². The molecule has 2 aromatic heterocycles. The molecule has 1 aliphatic heterocycles. The molecule has 0 radical (unpaired) electrons. The molecule has 0 saturated carbocycles. The average molecular weight is 356 g/mol.